The van der Waals surface area contributed by atoms with Gasteiger partial charge in [-0.05, 0) is 87.2 Å². The third-order valence-electron chi connectivity index (χ3n) is 7.53. The van der Waals surface area contributed by atoms with Crippen LogP contribution in [0.3, 0.4) is 0 Å². The van der Waals surface area contributed by atoms with E-state index in [2.05, 4.69) is 61.2 Å². The van der Waals surface area contributed by atoms with Crippen LogP contribution in [0.1, 0.15) is 57.1 Å². The zero-order valence-electron chi connectivity index (χ0n) is 19.6. The molecule has 1 fully saturated rings. The van der Waals surface area contributed by atoms with Gasteiger partial charge in [-0.15, -0.1) is 0 Å². The van der Waals surface area contributed by atoms with Crippen molar-refractivity contribution in [2.24, 2.45) is 11.8 Å². The summed E-state index contributed by atoms with van der Waals surface area (Å²) in [4.78, 5) is 2.60. The van der Waals surface area contributed by atoms with Crippen LogP contribution in [0.15, 0.2) is 48.5 Å². The molecular formula is C28H36N2O2. The molecule has 0 spiro atoms. The average Bonchev–Trinajstić information content (AvgIpc) is 3.31. The fraction of sp³-hybridized carbons (Fsp3) is 0.536. The topological polar surface area (TPSA) is 45.5 Å². The zero-order chi connectivity index (χ0) is 22.4. The molecule has 2 aliphatic rings. The standard InChI is InChI=1S/C28H36N2O2/c1-22(2)28(20-29,25-9-4-3-5-10-25)16-7-17-30-18-14-23(15-19-30)12-13-24-8-6-11-26-27(24)32-21-31-26/h3-6,8-11,22-23H,7,12-19,21H2,1-2H3. The largest absolute Gasteiger partial charge is 0.454 e. The molecule has 1 atom stereocenters. The molecule has 4 heteroatoms. The van der Waals surface area contributed by atoms with Crippen molar-refractivity contribution in [2.45, 2.75) is 57.8 Å². The van der Waals surface area contributed by atoms with Crippen LogP contribution in [0, 0.1) is 23.2 Å². The van der Waals surface area contributed by atoms with Crippen molar-refractivity contribution in [3.05, 3.63) is 59.7 Å². The summed E-state index contributed by atoms with van der Waals surface area (Å²) in [7, 11) is 0. The van der Waals surface area contributed by atoms with Gasteiger partial charge in [0.15, 0.2) is 11.5 Å². The van der Waals surface area contributed by atoms with E-state index in [0.29, 0.717) is 12.7 Å². The lowest BCUT2D eigenvalue weighted by Gasteiger charge is -2.35. The highest BCUT2D eigenvalue weighted by Gasteiger charge is 2.35. The molecule has 4 nitrogen and oxygen atoms in total. The van der Waals surface area contributed by atoms with E-state index in [1.807, 2.05) is 12.1 Å². The molecule has 0 bridgehead atoms. The highest BCUT2D eigenvalue weighted by atomic mass is 16.7. The van der Waals surface area contributed by atoms with Gasteiger partial charge in [0.05, 0.1) is 11.5 Å². The Morgan fingerprint density at radius 2 is 1.84 bits per heavy atom. The van der Waals surface area contributed by atoms with E-state index in [1.165, 1.54) is 37.9 Å². The predicted molar refractivity (Wildman–Crippen MR) is 128 cm³/mol. The third-order valence-corrected chi connectivity index (χ3v) is 7.53. The number of rotatable bonds is 9. The average molecular weight is 433 g/mol. The van der Waals surface area contributed by atoms with Gasteiger partial charge in [-0.3, -0.25) is 0 Å². The van der Waals surface area contributed by atoms with Gasteiger partial charge in [-0.25, -0.2) is 0 Å². The van der Waals surface area contributed by atoms with Gasteiger partial charge in [0, 0.05) is 0 Å². The molecule has 4 rings (SSSR count). The molecule has 2 aromatic rings. The monoisotopic (exact) mass is 432 g/mol. The van der Waals surface area contributed by atoms with E-state index in [0.717, 1.165) is 48.8 Å². The molecular weight excluding hydrogens is 396 g/mol. The quantitative estimate of drug-likeness (QED) is 0.491. The van der Waals surface area contributed by atoms with Gasteiger partial charge in [-0.2, -0.15) is 5.26 Å². The maximum atomic E-state index is 10.1. The maximum Gasteiger partial charge on any atom is 0.231 e. The van der Waals surface area contributed by atoms with Crippen molar-refractivity contribution in [3.8, 4) is 17.6 Å². The van der Waals surface area contributed by atoms with Crippen molar-refractivity contribution in [3.63, 3.8) is 0 Å². The Bertz CT molecular complexity index is 913. The van der Waals surface area contributed by atoms with E-state index >= 15 is 0 Å². The van der Waals surface area contributed by atoms with E-state index < -0.39 is 0 Å². The first-order valence-electron chi connectivity index (χ1n) is 12.2. The smallest absolute Gasteiger partial charge is 0.231 e. The van der Waals surface area contributed by atoms with Crippen molar-refractivity contribution in [2.75, 3.05) is 26.4 Å². The van der Waals surface area contributed by atoms with Crippen molar-refractivity contribution in [1.29, 1.82) is 5.26 Å². The predicted octanol–water partition coefficient (Wildman–Crippen LogP) is 5.96. The molecule has 0 radical (unpaired) electrons. The molecule has 0 amide bonds. The summed E-state index contributed by atoms with van der Waals surface area (Å²) in [5.41, 5.74) is 2.06. The lowest BCUT2D eigenvalue weighted by molar-refractivity contribution is 0.169. The number of ether oxygens (including phenoxy) is 2. The Balaban J connectivity index is 1.23. The molecule has 2 aromatic carbocycles. The Labute approximate surface area is 193 Å². The third kappa shape index (κ3) is 4.94. The van der Waals surface area contributed by atoms with E-state index in [1.54, 1.807) is 0 Å². The van der Waals surface area contributed by atoms with Crippen molar-refractivity contribution in [1.82, 2.24) is 4.90 Å². The SMILES string of the molecule is CC(C)C(C#N)(CCCN1CCC(CCc2cccc3c2OCO3)CC1)c1ccccc1. The van der Waals surface area contributed by atoms with E-state index in [4.69, 9.17) is 9.47 Å². The van der Waals surface area contributed by atoms with Gasteiger partial charge >= 0.3 is 0 Å². The Hall–Kier alpha value is -2.51. The number of nitriles is 1. The van der Waals surface area contributed by atoms with Gasteiger partial charge < -0.3 is 14.4 Å². The number of hydrogen-bond donors (Lipinski definition) is 0. The van der Waals surface area contributed by atoms with Crippen LogP contribution >= 0.6 is 0 Å². The first-order valence-corrected chi connectivity index (χ1v) is 12.2. The Kier molecular flexibility index (Phi) is 7.37. The highest BCUT2D eigenvalue weighted by Crippen LogP contribution is 2.38. The fourth-order valence-corrected chi connectivity index (χ4v) is 5.38. The minimum Gasteiger partial charge on any atom is -0.454 e. The molecule has 0 aliphatic carbocycles. The number of nitrogens with zero attached hydrogens (tertiary/aromatic N) is 2. The second-order valence-electron chi connectivity index (χ2n) is 9.68. The lowest BCUT2D eigenvalue weighted by atomic mass is 9.70. The first-order chi connectivity index (χ1) is 15.6. The van der Waals surface area contributed by atoms with Crippen LogP contribution < -0.4 is 9.47 Å². The number of piperidine rings is 1. The van der Waals surface area contributed by atoms with Crippen LogP contribution in [-0.2, 0) is 11.8 Å². The summed E-state index contributed by atoms with van der Waals surface area (Å²) >= 11 is 0. The normalized spacial score (nSPS) is 18.4. The molecule has 0 aromatic heterocycles. The van der Waals surface area contributed by atoms with Crippen LogP contribution in [-0.4, -0.2) is 31.3 Å². The van der Waals surface area contributed by atoms with Gasteiger partial charge in [0.1, 0.15) is 0 Å². The minimum absolute atomic E-state index is 0.300. The lowest BCUT2D eigenvalue weighted by Crippen LogP contribution is -2.36. The summed E-state index contributed by atoms with van der Waals surface area (Å²) in [6, 6.07) is 19.3. The summed E-state index contributed by atoms with van der Waals surface area (Å²) in [6.45, 7) is 8.14. The van der Waals surface area contributed by atoms with Crippen molar-refractivity contribution >= 4 is 0 Å². The van der Waals surface area contributed by atoms with Crippen molar-refractivity contribution < 1.29 is 9.47 Å². The van der Waals surface area contributed by atoms with Gasteiger partial charge in [0.2, 0.25) is 6.79 Å². The molecule has 1 unspecified atom stereocenters. The Morgan fingerprint density at radius 3 is 2.56 bits per heavy atom. The fourth-order valence-electron chi connectivity index (χ4n) is 5.38. The maximum absolute atomic E-state index is 10.1. The second kappa shape index (κ2) is 10.4. The summed E-state index contributed by atoms with van der Waals surface area (Å²) in [5, 5.41) is 10.1. The van der Waals surface area contributed by atoms with Crippen LogP contribution in [0.5, 0.6) is 11.5 Å². The summed E-state index contributed by atoms with van der Waals surface area (Å²) in [5.74, 6) is 2.93. The van der Waals surface area contributed by atoms with Crippen LogP contribution in [0.2, 0.25) is 0 Å². The highest BCUT2D eigenvalue weighted by molar-refractivity contribution is 5.48. The number of hydrogen-bond acceptors (Lipinski definition) is 4. The second-order valence-corrected chi connectivity index (χ2v) is 9.68. The van der Waals surface area contributed by atoms with E-state index in [9.17, 15) is 5.26 Å². The number of aryl methyl sites for hydroxylation is 1. The molecule has 32 heavy (non-hydrogen) atoms. The van der Waals surface area contributed by atoms with Gasteiger partial charge in [0.25, 0.3) is 0 Å². The summed E-state index contributed by atoms with van der Waals surface area (Å²) in [6.07, 6.45) is 6.79. The number of likely N-dealkylation sites (tertiary alicyclic amines) is 1. The van der Waals surface area contributed by atoms with E-state index in [-0.39, 0.29) is 5.41 Å². The number of para-hydroxylation sites is 1. The molecule has 0 saturated carbocycles. The molecule has 170 valence electrons. The van der Waals surface area contributed by atoms with Crippen LogP contribution in [0.4, 0.5) is 0 Å². The molecule has 0 N–H and O–H groups in total. The molecule has 2 heterocycles. The first kappa shape index (κ1) is 22.7. The van der Waals surface area contributed by atoms with Gasteiger partial charge in [-0.1, -0.05) is 56.3 Å². The number of benzene rings is 2. The molecule has 2 aliphatic heterocycles. The zero-order valence-corrected chi connectivity index (χ0v) is 19.6. The Morgan fingerprint density at radius 1 is 1.06 bits per heavy atom. The van der Waals surface area contributed by atoms with Crippen LogP contribution in [0.25, 0.3) is 0 Å². The summed E-state index contributed by atoms with van der Waals surface area (Å²) < 4.78 is 11.2. The minimum atomic E-state index is -0.388. The molecule has 1 saturated heterocycles. The number of fused-ring (bicyclic) bond motifs is 1.